The molecule has 0 N–H and O–H groups in total. The van der Waals surface area contributed by atoms with Crippen molar-refractivity contribution >= 4 is 6.98 Å². The summed E-state index contributed by atoms with van der Waals surface area (Å²) in [5.74, 6) is 0. The van der Waals surface area contributed by atoms with Crippen molar-refractivity contribution in [3.63, 3.8) is 0 Å². The average molecular weight is 240 g/mol. The maximum absolute atomic E-state index is 11.6. The third-order valence-electron chi connectivity index (χ3n) is 1.11. The van der Waals surface area contributed by atoms with Gasteiger partial charge in [0.25, 0.3) is 0 Å². The molecule has 0 atom stereocenters. The van der Waals surface area contributed by atoms with Crippen LogP contribution >= 0.6 is 0 Å². The van der Waals surface area contributed by atoms with Crippen LogP contribution in [0.4, 0.5) is 12.9 Å². The fourth-order valence-electron chi connectivity index (χ4n) is 0.579. The first-order chi connectivity index (χ1) is 6.06. The molecule has 0 saturated heterocycles. The van der Waals surface area contributed by atoms with E-state index < -0.39 is 13.5 Å². The Morgan fingerprint density at radius 2 is 1.43 bits per heavy atom. The maximum atomic E-state index is 11.6. The number of hydrogen-bond donors (Lipinski definition) is 0. The second-order valence-electron chi connectivity index (χ2n) is 2.39. The fourth-order valence-corrected chi connectivity index (χ4v) is 0.579. The van der Waals surface area contributed by atoms with Crippen molar-refractivity contribution in [3.05, 3.63) is 0 Å². The van der Waals surface area contributed by atoms with Crippen molar-refractivity contribution in [2.75, 3.05) is 40.0 Å². The molecule has 0 aliphatic rings. The second-order valence-corrected chi connectivity index (χ2v) is 2.39. The van der Waals surface area contributed by atoms with Crippen LogP contribution in [0, 0.1) is 0 Å². The Morgan fingerprint density at radius 1 is 0.929 bits per heavy atom. The standard InChI is InChI=1S/C6H13BF3O3.K/c1-11-2-3-12-4-5-13-6-7(8,9)10;/h2-6H2,1H3;/q-1;+1. The number of rotatable bonds is 8. The van der Waals surface area contributed by atoms with Crippen molar-refractivity contribution < 1.29 is 78.5 Å². The molecule has 0 aromatic heterocycles. The Kier molecular flexibility index (Phi) is 13.8. The quantitative estimate of drug-likeness (QED) is 0.365. The summed E-state index contributed by atoms with van der Waals surface area (Å²) >= 11 is 0. The topological polar surface area (TPSA) is 27.7 Å². The van der Waals surface area contributed by atoms with Gasteiger partial charge in [0.05, 0.1) is 26.4 Å². The molecular weight excluding hydrogens is 227 g/mol. The molecule has 0 aromatic rings. The third-order valence-corrected chi connectivity index (χ3v) is 1.11. The SMILES string of the molecule is COCCOCCOC[B-](F)(F)F.[K+]. The van der Waals surface area contributed by atoms with Gasteiger partial charge in [-0.3, -0.25) is 0 Å². The molecule has 80 valence electrons. The van der Waals surface area contributed by atoms with Gasteiger partial charge in [0, 0.05) is 13.6 Å². The molecule has 8 heteroatoms. The van der Waals surface area contributed by atoms with E-state index in [1.807, 2.05) is 0 Å². The van der Waals surface area contributed by atoms with Crippen molar-refractivity contribution in [2.24, 2.45) is 0 Å². The number of hydrogen-bond acceptors (Lipinski definition) is 3. The normalized spacial score (nSPS) is 11.1. The van der Waals surface area contributed by atoms with E-state index in [4.69, 9.17) is 4.74 Å². The Hall–Kier alpha value is 1.37. The molecule has 0 saturated carbocycles. The van der Waals surface area contributed by atoms with Gasteiger partial charge in [0.2, 0.25) is 0 Å². The van der Waals surface area contributed by atoms with Crippen LogP contribution in [0.5, 0.6) is 0 Å². The first kappa shape index (κ1) is 17.8. The minimum atomic E-state index is -4.83. The van der Waals surface area contributed by atoms with Crippen molar-refractivity contribution in [1.29, 1.82) is 0 Å². The predicted molar refractivity (Wildman–Crippen MR) is 42.6 cm³/mol. The first-order valence-corrected chi connectivity index (χ1v) is 3.91. The summed E-state index contributed by atoms with van der Waals surface area (Å²) in [5.41, 5.74) is 0. The molecule has 0 aliphatic carbocycles. The molecule has 0 aromatic carbocycles. The summed E-state index contributed by atoms with van der Waals surface area (Å²) in [6, 6.07) is 0. The average Bonchev–Trinajstić information content (AvgIpc) is 2.01. The molecule has 3 nitrogen and oxygen atoms in total. The van der Waals surface area contributed by atoms with E-state index in [1.54, 1.807) is 0 Å². The molecule has 0 aliphatic heterocycles. The summed E-state index contributed by atoms with van der Waals surface area (Å²) in [4.78, 5) is 0. The Balaban J connectivity index is 0. The van der Waals surface area contributed by atoms with E-state index >= 15 is 0 Å². The predicted octanol–water partition coefficient (Wildman–Crippen LogP) is -1.94. The van der Waals surface area contributed by atoms with E-state index in [9.17, 15) is 12.9 Å². The summed E-state index contributed by atoms with van der Waals surface area (Å²) < 4.78 is 48.5. The second kappa shape index (κ2) is 10.9. The molecule has 0 spiro atoms. The minimum Gasteiger partial charge on any atom is -0.447 e. The van der Waals surface area contributed by atoms with Crippen LogP contribution in [0.15, 0.2) is 0 Å². The largest absolute Gasteiger partial charge is 1.00 e. The Bertz CT molecular complexity index is 125. The van der Waals surface area contributed by atoms with Gasteiger partial charge >= 0.3 is 58.4 Å². The van der Waals surface area contributed by atoms with Gasteiger partial charge < -0.3 is 27.2 Å². The van der Waals surface area contributed by atoms with Crippen LogP contribution in [-0.2, 0) is 14.2 Å². The molecular formula is C6H13BF3KO3. The van der Waals surface area contributed by atoms with Gasteiger partial charge in [-0.05, 0) is 0 Å². The molecule has 0 heterocycles. The third kappa shape index (κ3) is 15.8. The van der Waals surface area contributed by atoms with Crippen molar-refractivity contribution in [3.8, 4) is 0 Å². The molecule has 14 heavy (non-hydrogen) atoms. The molecule has 0 radical (unpaired) electrons. The molecule has 0 bridgehead atoms. The van der Waals surface area contributed by atoms with E-state index in [0.29, 0.717) is 13.2 Å². The minimum absolute atomic E-state index is 0. The van der Waals surface area contributed by atoms with Crippen LogP contribution in [0.3, 0.4) is 0 Å². The molecule has 0 amide bonds. The zero-order valence-corrected chi connectivity index (χ0v) is 11.6. The van der Waals surface area contributed by atoms with E-state index in [0.717, 1.165) is 0 Å². The van der Waals surface area contributed by atoms with Crippen LogP contribution < -0.4 is 51.4 Å². The number of halogens is 3. The monoisotopic (exact) mass is 240 g/mol. The van der Waals surface area contributed by atoms with Crippen LogP contribution in [0.25, 0.3) is 0 Å². The van der Waals surface area contributed by atoms with Crippen LogP contribution in [0.2, 0.25) is 0 Å². The zero-order chi connectivity index (χ0) is 10.2. The van der Waals surface area contributed by atoms with Gasteiger partial charge in [0.15, 0.2) is 0 Å². The Labute approximate surface area is 124 Å². The summed E-state index contributed by atoms with van der Waals surface area (Å²) in [6.07, 6.45) is 0. The van der Waals surface area contributed by atoms with E-state index in [-0.39, 0.29) is 64.6 Å². The Morgan fingerprint density at radius 3 is 1.93 bits per heavy atom. The maximum Gasteiger partial charge on any atom is 1.00 e. The fraction of sp³-hybridized carbons (Fsp3) is 1.00. The van der Waals surface area contributed by atoms with E-state index in [2.05, 4.69) is 9.47 Å². The summed E-state index contributed by atoms with van der Waals surface area (Å²) in [6.45, 7) is -5.06. The smallest absolute Gasteiger partial charge is 0.447 e. The van der Waals surface area contributed by atoms with Crippen LogP contribution in [0.1, 0.15) is 0 Å². The summed E-state index contributed by atoms with van der Waals surface area (Å²) in [7, 11) is 1.52. The molecule has 0 rings (SSSR count). The van der Waals surface area contributed by atoms with Gasteiger partial charge in [-0.15, -0.1) is 0 Å². The zero-order valence-electron chi connectivity index (χ0n) is 8.47. The number of ether oxygens (including phenoxy) is 3. The summed E-state index contributed by atoms with van der Waals surface area (Å²) in [5, 5.41) is 0. The van der Waals surface area contributed by atoms with Gasteiger partial charge in [-0.25, -0.2) is 0 Å². The van der Waals surface area contributed by atoms with Crippen molar-refractivity contribution in [2.45, 2.75) is 0 Å². The van der Waals surface area contributed by atoms with Crippen LogP contribution in [-0.4, -0.2) is 47.0 Å². The first-order valence-electron chi connectivity index (χ1n) is 3.91. The molecule has 0 fully saturated rings. The van der Waals surface area contributed by atoms with Gasteiger partial charge in [-0.1, -0.05) is 0 Å². The molecule has 0 unspecified atom stereocenters. The van der Waals surface area contributed by atoms with Gasteiger partial charge in [0.1, 0.15) is 0 Å². The van der Waals surface area contributed by atoms with E-state index in [1.165, 1.54) is 7.11 Å². The number of methoxy groups -OCH3 is 1. The van der Waals surface area contributed by atoms with Crippen molar-refractivity contribution in [1.82, 2.24) is 0 Å². The van der Waals surface area contributed by atoms with Gasteiger partial charge in [-0.2, -0.15) is 0 Å².